The van der Waals surface area contributed by atoms with Gasteiger partial charge in [-0.15, -0.1) is 0 Å². The zero-order valence-electron chi connectivity index (χ0n) is 11.1. The summed E-state index contributed by atoms with van der Waals surface area (Å²) in [6, 6.07) is 7.38. The summed E-state index contributed by atoms with van der Waals surface area (Å²) in [5, 5.41) is 19.6. The highest BCUT2D eigenvalue weighted by molar-refractivity contribution is 6.11. The Morgan fingerprint density at radius 3 is 2.67 bits per heavy atom. The number of carbonyl (C=O) groups excluding carboxylic acids is 1. The van der Waals surface area contributed by atoms with E-state index in [2.05, 4.69) is 0 Å². The Balaban J connectivity index is 2.03. The number of rotatable bonds is 3. The molecule has 2 aromatic rings. The van der Waals surface area contributed by atoms with Gasteiger partial charge in [-0.2, -0.15) is 0 Å². The molecule has 1 heterocycles. The zero-order valence-corrected chi connectivity index (χ0v) is 11.1. The number of hydrogen-bond acceptors (Lipinski definition) is 6. The predicted molar refractivity (Wildman–Crippen MR) is 72.3 cm³/mol. The van der Waals surface area contributed by atoms with Crippen LogP contribution in [-0.2, 0) is 0 Å². The van der Waals surface area contributed by atoms with Gasteiger partial charge in [0.2, 0.25) is 12.5 Å². The molecule has 0 saturated heterocycles. The van der Waals surface area contributed by atoms with Crippen molar-refractivity contribution in [2.24, 2.45) is 0 Å². The number of hydrogen-bond donors (Lipinski definition) is 2. The Kier molecular flexibility index (Phi) is 3.06. The van der Waals surface area contributed by atoms with E-state index in [0.29, 0.717) is 17.1 Å². The van der Waals surface area contributed by atoms with Gasteiger partial charge in [0, 0.05) is 5.56 Å². The van der Waals surface area contributed by atoms with E-state index in [4.69, 9.17) is 14.2 Å². The van der Waals surface area contributed by atoms with Crippen LogP contribution in [0.25, 0.3) is 0 Å². The second-order valence-electron chi connectivity index (χ2n) is 4.41. The number of methoxy groups -OCH3 is 1. The molecule has 0 aromatic heterocycles. The Morgan fingerprint density at radius 2 is 1.90 bits per heavy atom. The predicted octanol–water partition coefficient (Wildman–Crippen LogP) is 2.07. The first-order valence-electron chi connectivity index (χ1n) is 6.15. The molecule has 0 aliphatic carbocycles. The molecular weight excluding hydrogens is 276 g/mol. The standard InChI is InChI=1S/C15H12O6/c1-19-15-10(16)4-3-9(14(15)18)13(17)8-2-5-11-12(6-8)21-7-20-11/h2-6,16,18H,7H2,1H3. The van der Waals surface area contributed by atoms with Crippen LogP contribution in [0.15, 0.2) is 30.3 Å². The highest BCUT2D eigenvalue weighted by Gasteiger charge is 2.22. The van der Waals surface area contributed by atoms with Gasteiger partial charge in [-0.05, 0) is 30.3 Å². The quantitative estimate of drug-likeness (QED) is 0.841. The molecule has 0 radical (unpaired) electrons. The van der Waals surface area contributed by atoms with Crippen LogP contribution >= 0.6 is 0 Å². The average Bonchev–Trinajstić information content (AvgIpc) is 2.94. The van der Waals surface area contributed by atoms with Crippen molar-refractivity contribution in [1.82, 2.24) is 0 Å². The van der Waals surface area contributed by atoms with Crippen molar-refractivity contribution in [1.29, 1.82) is 0 Å². The molecule has 0 fully saturated rings. The fourth-order valence-corrected chi connectivity index (χ4v) is 2.14. The van der Waals surface area contributed by atoms with Gasteiger partial charge in [-0.25, -0.2) is 0 Å². The molecule has 0 bridgehead atoms. The summed E-state index contributed by atoms with van der Waals surface area (Å²) in [6.07, 6.45) is 0. The fraction of sp³-hybridized carbons (Fsp3) is 0.133. The van der Waals surface area contributed by atoms with E-state index >= 15 is 0 Å². The van der Waals surface area contributed by atoms with Crippen LogP contribution in [0.2, 0.25) is 0 Å². The van der Waals surface area contributed by atoms with Gasteiger partial charge in [-0.1, -0.05) is 0 Å². The second-order valence-corrected chi connectivity index (χ2v) is 4.41. The van der Waals surface area contributed by atoms with Gasteiger partial charge in [0.15, 0.2) is 28.8 Å². The van der Waals surface area contributed by atoms with Gasteiger partial charge < -0.3 is 24.4 Å². The van der Waals surface area contributed by atoms with E-state index in [9.17, 15) is 15.0 Å². The number of benzene rings is 2. The molecule has 2 aromatic carbocycles. The van der Waals surface area contributed by atoms with Crippen molar-refractivity contribution in [3.8, 4) is 28.7 Å². The zero-order chi connectivity index (χ0) is 15.0. The van der Waals surface area contributed by atoms with E-state index in [-0.39, 0.29) is 23.9 Å². The van der Waals surface area contributed by atoms with Crippen LogP contribution in [0.3, 0.4) is 0 Å². The first-order valence-corrected chi connectivity index (χ1v) is 6.15. The molecule has 108 valence electrons. The smallest absolute Gasteiger partial charge is 0.231 e. The summed E-state index contributed by atoms with van der Waals surface area (Å²) in [4.78, 5) is 12.5. The number of ketones is 1. The third kappa shape index (κ3) is 2.10. The van der Waals surface area contributed by atoms with Crippen LogP contribution in [0.5, 0.6) is 28.7 Å². The highest BCUT2D eigenvalue weighted by atomic mass is 16.7. The minimum absolute atomic E-state index is 0.0310. The Bertz CT molecular complexity index is 722. The average molecular weight is 288 g/mol. The minimum Gasteiger partial charge on any atom is -0.504 e. The third-order valence-electron chi connectivity index (χ3n) is 3.19. The molecule has 0 atom stereocenters. The van der Waals surface area contributed by atoms with Crippen LogP contribution in [0.4, 0.5) is 0 Å². The summed E-state index contributed by atoms with van der Waals surface area (Å²) in [7, 11) is 1.30. The SMILES string of the molecule is COc1c(O)ccc(C(=O)c2ccc3c(c2)OCO3)c1O. The number of phenolic OH excluding ortho intramolecular Hbond substituents is 2. The highest BCUT2D eigenvalue weighted by Crippen LogP contribution is 2.40. The van der Waals surface area contributed by atoms with E-state index < -0.39 is 11.5 Å². The summed E-state index contributed by atoms with van der Waals surface area (Å²) < 4.78 is 15.3. The van der Waals surface area contributed by atoms with E-state index in [1.165, 1.54) is 19.2 Å². The van der Waals surface area contributed by atoms with Crippen LogP contribution in [0, 0.1) is 0 Å². The van der Waals surface area contributed by atoms with Gasteiger partial charge in [0.1, 0.15) is 0 Å². The van der Waals surface area contributed by atoms with E-state index in [1.54, 1.807) is 18.2 Å². The number of phenols is 2. The molecule has 0 amide bonds. The van der Waals surface area contributed by atoms with Crippen molar-refractivity contribution in [2.45, 2.75) is 0 Å². The lowest BCUT2D eigenvalue weighted by Crippen LogP contribution is -2.02. The first kappa shape index (κ1) is 13.1. The van der Waals surface area contributed by atoms with Gasteiger partial charge in [0.05, 0.1) is 12.7 Å². The lowest BCUT2D eigenvalue weighted by molar-refractivity contribution is 0.103. The minimum atomic E-state index is -0.413. The Morgan fingerprint density at radius 1 is 1.14 bits per heavy atom. The maximum atomic E-state index is 12.5. The maximum absolute atomic E-state index is 12.5. The van der Waals surface area contributed by atoms with Crippen molar-refractivity contribution in [2.75, 3.05) is 13.9 Å². The van der Waals surface area contributed by atoms with Gasteiger partial charge >= 0.3 is 0 Å². The third-order valence-corrected chi connectivity index (χ3v) is 3.19. The van der Waals surface area contributed by atoms with Crippen molar-refractivity contribution in [3.63, 3.8) is 0 Å². The van der Waals surface area contributed by atoms with E-state index in [0.717, 1.165) is 0 Å². The fourth-order valence-electron chi connectivity index (χ4n) is 2.14. The largest absolute Gasteiger partial charge is 0.504 e. The molecule has 1 aliphatic heterocycles. The molecule has 0 saturated carbocycles. The molecule has 3 rings (SSSR count). The Labute approximate surface area is 120 Å². The molecule has 1 aliphatic rings. The maximum Gasteiger partial charge on any atom is 0.231 e. The summed E-state index contributed by atoms with van der Waals surface area (Å²) >= 11 is 0. The first-order chi connectivity index (χ1) is 10.1. The van der Waals surface area contributed by atoms with Crippen molar-refractivity contribution < 1.29 is 29.2 Å². The number of ether oxygens (including phenoxy) is 3. The van der Waals surface area contributed by atoms with E-state index in [1.807, 2.05) is 0 Å². The lowest BCUT2D eigenvalue weighted by atomic mass is 10.0. The summed E-state index contributed by atoms with van der Waals surface area (Å²) in [5.41, 5.74) is 0.366. The van der Waals surface area contributed by atoms with Crippen LogP contribution in [0.1, 0.15) is 15.9 Å². The van der Waals surface area contributed by atoms with Crippen molar-refractivity contribution >= 4 is 5.78 Å². The lowest BCUT2D eigenvalue weighted by Gasteiger charge is -2.10. The van der Waals surface area contributed by atoms with Gasteiger partial charge in [0.25, 0.3) is 0 Å². The monoisotopic (exact) mass is 288 g/mol. The summed E-state index contributed by atoms with van der Waals surface area (Å²) in [6.45, 7) is 0.116. The topological polar surface area (TPSA) is 85.2 Å². The van der Waals surface area contributed by atoms with Gasteiger partial charge in [-0.3, -0.25) is 4.79 Å². The normalized spacial score (nSPS) is 12.2. The van der Waals surface area contributed by atoms with Crippen LogP contribution in [-0.4, -0.2) is 29.9 Å². The molecule has 6 nitrogen and oxygen atoms in total. The molecule has 0 unspecified atom stereocenters. The molecular formula is C15H12O6. The molecule has 21 heavy (non-hydrogen) atoms. The molecule has 2 N–H and O–H groups in total. The second kappa shape index (κ2) is 4.90. The number of fused-ring (bicyclic) bond motifs is 1. The molecule has 0 spiro atoms. The van der Waals surface area contributed by atoms with Crippen LogP contribution < -0.4 is 14.2 Å². The number of aromatic hydroxyl groups is 2. The Hall–Kier alpha value is -2.89. The van der Waals surface area contributed by atoms with Crippen molar-refractivity contribution in [3.05, 3.63) is 41.5 Å². The summed E-state index contributed by atoms with van der Waals surface area (Å²) in [5.74, 6) is -0.145. The number of carbonyl (C=O) groups is 1. The molecule has 6 heteroatoms.